The predicted molar refractivity (Wildman–Crippen MR) is 102 cm³/mol. The van der Waals surface area contributed by atoms with Crippen LogP contribution in [-0.4, -0.2) is 41.0 Å². The molecule has 1 saturated heterocycles. The van der Waals surface area contributed by atoms with Gasteiger partial charge in [0.05, 0.1) is 6.26 Å². The van der Waals surface area contributed by atoms with Gasteiger partial charge in [-0.1, -0.05) is 18.2 Å². The highest BCUT2D eigenvalue weighted by molar-refractivity contribution is 7.99. The number of furan rings is 2. The lowest BCUT2D eigenvalue weighted by Crippen LogP contribution is -2.43. The average molecular weight is 399 g/mol. The molecule has 4 rings (SSSR count). The van der Waals surface area contributed by atoms with Crippen molar-refractivity contribution in [2.24, 2.45) is 0 Å². The smallest absolute Gasteiger partial charge is 0.330 e. The maximum absolute atomic E-state index is 12.5. The van der Waals surface area contributed by atoms with Crippen LogP contribution in [0.4, 0.5) is 0 Å². The fourth-order valence-electron chi connectivity index (χ4n) is 3.15. The Bertz CT molecular complexity index is 991. The van der Waals surface area contributed by atoms with Crippen LogP contribution >= 0.6 is 11.8 Å². The fourth-order valence-corrected chi connectivity index (χ4v) is 4.56. The zero-order chi connectivity index (χ0) is 19.7. The number of amides is 1. The van der Waals surface area contributed by atoms with Gasteiger partial charge < -0.3 is 18.5 Å². The molecule has 28 heavy (non-hydrogen) atoms. The highest BCUT2D eigenvalue weighted by atomic mass is 32.2. The number of nitrogens with zero attached hydrogens (tertiary/aromatic N) is 1. The van der Waals surface area contributed by atoms with Crippen LogP contribution in [0, 0.1) is 0 Å². The molecular weight excluding hydrogens is 382 g/mol. The van der Waals surface area contributed by atoms with Gasteiger partial charge in [0.25, 0.3) is 0 Å². The summed E-state index contributed by atoms with van der Waals surface area (Å²) in [4.78, 5) is 38.4. The minimum absolute atomic E-state index is 0.131. The van der Waals surface area contributed by atoms with Crippen LogP contribution in [0.15, 0.2) is 57.6 Å². The second-order valence-corrected chi connectivity index (χ2v) is 7.44. The van der Waals surface area contributed by atoms with Gasteiger partial charge >= 0.3 is 5.97 Å². The number of hydrogen-bond acceptors (Lipinski definition) is 7. The van der Waals surface area contributed by atoms with E-state index in [9.17, 15) is 14.4 Å². The molecule has 0 bridgehead atoms. The van der Waals surface area contributed by atoms with Gasteiger partial charge in [0.1, 0.15) is 22.8 Å². The quantitative estimate of drug-likeness (QED) is 0.480. The van der Waals surface area contributed by atoms with E-state index in [0.29, 0.717) is 17.1 Å². The van der Waals surface area contributed by atoms with Gasteiger partial charge in [0.2, 0.25) is 11.7 Å². The third-order valence-corrected chi connectivity index (χ3v) is 5.75. The number of thioether (sulfide) groups is 1. The molecule has 3 heterocycles. The normalized spacial score (nSPS) is 19.1. The summed E-state index contributed by atoms with van der Waals surface area (Å²) < 4.78 is 16.1. The lowest BCUT2D eigenvalue weighted by atomic mass is 10.2. The molecule has 2 aromatic heterocycles. The molecule has 0 aliphatic carbocycles. The number of fused-ring (bicyclic) bond motifs is 1. The van der Waals surface area contributed by atoms with Crippen molar-refractivity contribution in [1.29, 1.82) is 0 Å². The first-order chi connectivity index (χ1) is 13.5. The zero-order valence-corrected chi connectivity index (χ0v) is 15.8. The van der Waals surface area contributed by atoms with E-state index in [-0.39, 0.29) is 11.7 Å². The molecule has 1 fully saturated rings. The lowest BCUT2D eigenvalue weighted by Gasteiger charge is -2.25. The molecule has 0 N–H and O–H groups in total. The molecule has 0 saturated carbocycles. The van der Waals surface area contributed by atoms with Crippen LogP contribution < -0.4 is 0 Å². The first-order valence-electron chi connectivity index (χ1n) is 8.67. The number of carbonyl (C=O) groups is 3. The van der Waals surface area contributed by atoms with E-state index < -0.39 is 29.8 Å². The molecule has 7 nitrogen and oxygen atoms in total. The molecule has 8 heteroatoms. The van der Waals surface area contributed by atoms with Crippen LogP contribution in [0.3, 0.4) is 0 Å². The van der Waals surface area contributed by atoms with Crippen molar-refractivity contribution >= 4 is 40.4 Å². The molecule has 0 radical (unpaired) electrons. The summed E-state index contributed by atoms with van der Waals surface area (Å²) in [7, 11) is 0. The average Bonchev–Trinajstić information content (AvgIpc) is 3.43. The second-order valence-electron chi connectivity index (χ2n) is 6.32. The third kappa shape index (κ3) is 3.43. The number of carbonyl (C=O) groups excluding carboxylic acids is 3. The number of para-hydroxylation sites is 1. The Balaban J connectivity index is 1.42. The molecule has 1 aliphatic rings. The van der Waals surface area contributed by atoms with Crippen molar-refractivity contribution < 1.29 is 28.0 Å². The molecule has 1 amide bonds. The summed E-state index contributed by atoms with van der Waals surface area (Å²) in [6, 6.07) is 11.6. The van der Waals surface area contributed by atoms with E-state index in [2.05, 4.69) is 0 Å². The van der Waals surface area contributed by atoms with Crippen molar-refractivity contribution in [3.8, 4) is 0 Å². The van der Waals surface area contributed by atoms with E-state index in [1.807, 2.05) is 18.2 Å². The number of Topliss-reactive ketones (excluding diaryl/α,β-unsaturated/α-hetero) is 1. The summed E-state index contributed by atoms with van der Waals surface area (Å²) in [5, 5.41) is 0.407. The Morgan fingerprint density at radius 3 is 2.75 bits per heavy atom. The lowest BCUT2D eigenvalue weighted by molar-refractivity contribution is -0.152. The standard InChI is InChI=1S/C20H17NO6S/c1-12(22)21-14(11-28-19(21)17-7-4-8-25-17)20(24)26-10-15(23)18-9-13-5-2-3-6-16(13)27-18/h2-9,14,19H,10-11H2,1H3/t14-,19+/m1/s1. The van der Waals surface area contributed by atoms with Gasteiger partial charge in [-0.2, -0.15) is 0 Å². The summed E-state index contributed by atoms with van der Waals surface area (Å²) >= 11 is 1.41. The van der Waals surface area contributed by atoms with E-state index in [1.54, 1.807) is 24.3 Å². The van der Waals surface area contributed by atoms with Gasteiger partial charge in [-0.05, 0) is 24.3 Å². The van der Waals surface area contributed by atoms with E-state index in [4.69, 9.17) is 13.6 Å². The Kier molecular flexibility index (Phi) is 4.95. The highest BCUT2D eigenvalue weighted by Crippen LogP contribution is 2.41. The van der Waals surface area contributed by atoms with E-state index >= 15 is 0 Å². The maximum Gasteiger partial charge on any atom is 0.330 e. The van der Waals surface area contributed by atoms with Crippen molar-refractivity contribution in [3.05, 3.63) is 60.2 Å². The van der Waals surface area contributed by atoms with E-state index in [0.717, 1.165) is 5.39 Å². The molecule has 144 valence electrons. The molecule has 0 spiro atoms. The molecule has 1 aliphatic heterocycles. The number of rotatable bonds is 5. The van der Waals surface area contributed by atoms with Crippen molar-refractivity contribution in [3.63, 3.8) is 0 Å². The molecular formula is C20H17NO6S. The molecule has 3 aromatic rings. The van der Waals surface area contributed by atoms with Crippen LogP contribution in [0.2, 0.25) is 0 Å². The third-order valence-electron chi connectivity index (χ3n) is 4.47. The number of hydrogen-bond donors (Lipinski definition) is 0. The van der Waals surface area contributed by atoms with Gasteiger partial charge in [-0.15, -0.1) is 11.8 Å². The first-order valence-corrected chi connectivity index (χ1v) is 9.72. The Hall–Kier alpha value is -3.00. The minimum Gasteiger partial charge on any atom is -0.466 e. The summed E-state index contributed by atoms with van der Waals surface area (Å²) in [6.07, 6.45) is 1.52. The van der Waals surface area contributed by atoms with Crippen LogP contribution in [-0.2, 0) is 14.3 Å². The van der Waals surface area contributed by atoms with Crippen LogP contribution in [0.25, 0.3) is 11.0 Å². The van der Waals surface area contributed by atoms with Gasteiger partial charge in [0.15, 0.2) is 12.4 Å². The van der Waals surface area contributed by atoms with Crippen LogP contribution in [0.1, 0.15) is 28.6 Å². The predicted octanol–water partition coefficient (Wildman–Crippen LogP) is 3.41. The van der Waals surface area contributed by atoms with Crippen molar-refractivity contribution in [1.82, 2.24) is 4.90 Å². The number of benzene rings is 1. The SMILES string of the molecule is CC(=O)N1[C@@H](C(=O)OCC(=O)c2cc3ccccc3o2)CS[C@H]1c1ccco1. The highest BCUT2D eigenvalue weighted by Gasteiger charge is 2.43. The minimum atomic E-state index is -0.777. The van der Waals surface area contributed by atoms with Crippen LogP contribution in [0.5, 0.6) is 0 Å². The second kappa shape index (κ2) is 7.55. The molecule has 2 atom stereocenters. The van der Waals surface area contributed by atoms with Gasteiger partial charge in [-0.3, -0.25) is 9.59 Å². The zero-order valence-electron chi connectivity index (χ0n) is 15.0. The Morgan fingerprint density at radius 1 is 1.21 bits per heavy atom. The largest absolute Gasteiger partial charge is 0.466 e. The van der Waals surface area contributed by atoms with E-state index in [1.165, 1.54) is 29.8 Å². The maximum atomic E-state index is 12.5. The fraction of sp³-hybridized carbons (Fsp3) is 0.250. The summed E-state index contributed by atoms with van der Waals surface area (Å²) in [5.41, 5.74) is 0.591. The Morgan fingerprint density at radius 2 is 2.04 bits per heavy atom. The summed E-state index contributed by atoms with van der Waals surface area (Å²) in [5.74, 6) is -0.242. The topological polar surface area (TPSA) is 90.0 Å². The monoisotopic (exact) mass is 399 g/mol. The van der Waals surface area contributed by atoms with Gasteiger partial charge in [0, 0.05) is 18.1 Å². The first kappa shape index (κ1) is 18.4. The summed E-state index contributed by atoms with van der Waals surface area (Å²) in [6.45, 7) is 0.943. The number of esters is 1. The number of ketones is 1. The number of ether oxygens (including phenoxy) is 1. The Labute approximate surface area is 164 Å². The van der Waals surface area contributed by atoms with Crippen molar-refractivity contribution in [2.75, 3.05) is 12.4 Å². The molecule has 0 unspecified atom stereocenters. The van der Waals surface area contributed by atoms with Crippen molar-refractivity contribution in [2.45, 2.75) is 18.3 Å². The van der Waals surface area contributed by atoms with Gasteiger partial charge in [-0.25, -0.2) is 4.79 Å². The molecule has 1 aromatic carbocycles.